The summed E-state index contributed by atoms with van der Waals surface area (Å²) < 4.78 is 0. The molecule has 1 aliphatic heterocycles. The molecule has 1 aromatic heterocycles. The van der Waals surface area contributed by atoms with E-state index in [0.717, 1.165) is 13.1 Å². The van der Waals surface area contributed by atoms with Crippen LogP contribution in [0.3, 0.4) is 0 Å². The van der Waals surface area contributed by atoms with Gasteiger partial charge in [0.15, 0.2) is 0 Å². The van der Waals surface area contributed by atoms with Crippen LogP contribution in [-0.2, 0) is 0 Å². The molecular formula is C13H16N2O. The van der Waals surface area contributed by atoms with E-state index in [9.17, 15) is 4.79 Å². The fraction of sp³-hybridized carbons (Fsp3) is 0.538. The standard InChI is InChI=1S/C13H16N2O/c1-13(2)10-7-15(8-11(10)13)12(16)9-4-3-5-14-6-9/h3-6,10-11H,7-8H2,1-2H3. The average Bonchev–Trinajstić information content (AvgIpc) is 2.72. The van der Waals surface area contributed by atoms with E-state index in [4.69, 9.17) is 0 Å². The molecule has 1 aliphatic carbocycles. The number of carbonyl (C=O) groups excluding carboxylic acids is 1. The van der Waals surface area contributed by atoms with Crippen LogP contribution in [0, 0.1) is 17.3 Å². The second kappa shape index (κ2) is 3.06. The number of fused-ring (bicyclic) bond motifs is 1. The number of piperidine rings is 1. The second-order valence-electron chi connectivity index (χ2n) is 5.49. The summed E-state index contributed by atoms with van der Waals surface area (Å²) in [5.74, 6) is 1.57. The lowest BCUT2D eigenvalue weighted by Gasteiger charge is -2.21. The second-order valence-corrected chi connectivity index (χ2v) is 5.49. The van der Waals surface area contributed by atoms with Crippen molar-refractivity contribution in [3.63, 3.8) is 0 Å². The Morgan fingerprint density at radius 3 is 2.69 bits per heavy atom. The zero-order chi connectivity index (χ0) is 11.3. The maximum atomic E-state index is 12.1. The van der Waals surface area contributed by atoms with Gasteiger partial charge >= 0.3 is 0 Å². The van der Waals surface area contributed by atoms with Gasteiger partial charge in [0.2, 0.25) is 0 Å². The van der Waals surface area contributed by atoms with Gasteiger partial charge < -0.3 is 4.90 Å². The van der Waals surface area contributed by atoms with E-state index >= 15 is 0 Å². The molecule has 84 valence electrons. The smallest absolute Gasteiger partial charge is 0.255 e. The number of hydrogen-bond donors (Lipinski definition) is 0. The van der Waals surface area contributed by atoms with Crippen molar-refractivity contribution in [3.05, 3.63) is 30.1 Å². The molecule has 1 aromatic rings. The quantitative estimate of drug-likeness (QED) is 0.717. The highest BCUT2D eigenvalue weighted by molar-refractivity contribution is 5.94. The SMILES string of the molecule is CC1(C)C2CN(C(=O)c3cccnc3)CC21. The van der Waals surface area contributed by atoms with Crippen LogP contribution in [0.25, 0.3) is 0 Å². The fourth-order valence-corrected chi connectivity index (χ4v) is 2.97. The average molecular weight is 216 g/mol. The van der Waals surface area contributed by atoms with Gasteiger partial charge in [-0.25, -0.2) is 0 Å². The predicted molar refractivity (Wildman–Crippen MR) is 60.9 cm³/mol. The number of hydrogen-bond acceptors (Lipinski definition) is 2. The minimum Gasteiger partial charge on any atom is -0.338 e. The highest BCUT2D eigenvalue weighted by Gasteiger charge is 2.62. The zero-order valence-electron chi connectivity index (χ0n) is 9.68. The summed E-state index contributed by atoms with van der Waals surface area (Å²) in [5.41, 5.74) is 1.17. The van der Waals surface area contributed by atoms with Gasteiger partial charge in [0.25, 0.3) is 5.91 Å². The van der Waals surface area contributed by atoms with Gasteiger partial charge in [0.1, 0.15) is 0 Å². The molecule has 0 radical (unpaired) electrons. The number of amides is 1. The van der Waals surface area contributed by atoms with E-state index in [-0.39, 0.29) is 5.91 Å². The molecule has 0 bridgehead atoms. The predicted octanol–water partition coefficient (Wildman–Crippen LogP) is 1.81. The molecule has 2 unspecified atom stereocenters. The Morgan fingerprint density at radius 2 is 2.12 bits per heavy atom. The Hall–Kier alpha value is -1.38. The normalized spacial score (nSPS) is 30.0. The lowest BCUT2D eigenvalue weighted by Crippen LogP contribution is -2.32. The largest absolute Gasteiger partial charge is 0.338 e. The lowest BCUT2D eigenvalue weighted by molar-refractivity contribution is 0.0757. The van der Waals surface area contributed by atoms with Crippen LogP contribution < -0.4 is 0 Å². The van der Waals surface area contributed by atoms with Gasteiger partial charge in [-0.15, -0.1) is 0 Å². The lowest BCUT2D eigenvalue weighted by atomic mass is 10.1. The summed E-state index contributed by atoms with van der Waals surface area (Å²) >= 11 is 0. The molecule has 2 atom stereocenters. The van der Waals surface area contributed by atoms with Gasteiger partial charge in [0, 0.05) is 25.5 Å². The molecule has 3 nitrogen and oxygen atoms in total. The van der Waals surface area contributed by atoms with Gasteiger partial charge in [-0.1, -0.05) is 13.8 Å². The van der Waals surface area contributed by atoms with Crippen molar-refractivity contribution in [2.24, 2.45) is 17.3 Å². The Balaban J connectivity index is 1.72. The van der Waals surface area contributed by atoms with Crippen LogP contribution in [0.1, 0.15) is 24.2 Å². The van der Waals surface area contributed by atoms with E-state index in [1.165, 1.54) is 0 Å². The van der Waals surface area contributed by atoms with Gasteiger partial charge in [-0.3, -0.25) is 9.78 Å². The van der Waals surface area contributed by atoms with Crippen molar-refractivity contribution in [1.29, 1.82) is 0 Å². The molecule has 3 rings (SSSR count). The molecule has 2 heterocycles. The summed E-state index contributed by atoms with van der Waals surface area (Å²) in [6, 6.07) is 3.65. The number of carbonyl (C=O) groups is 1. The van der Waals surface area contributed by atoms with Gasteiger partial charge in [-0.2, -0.15) is 0 Å². The zero-order valence-corrected chi connectivity index (χ0v) is 9.68. The Kier molecular flexibility index (Phi) is 1.88. The minimum atomic E-state index is 0.135. The summed E-state index contributed by atoms with van der Waals surface area (Å²) in [6.07, 6.45) is 3.35. The third-order valence-corrected chi connectivity index (χ3v) is 4.32. The molecule has 1 saturated heterocycles. The Labute approximate surface area is 95.5 Å². The highest BCUT2D eigenvalue weighted by Crippen LogP contribution is 2.62. The monoisotopic (exact) mass is 216 g/mol. The summed E-state index contributed by atoms with van der Waals surface area (Å²) in [6.45, 7) is 6.44. The maximum absolute atomic E-state index is 12.1. The number of rotatable bonds is 1. The number of likely N-dealkylation sites (tertiary alicyclic amines) is 1. The molecule has 1 saturated carbocycles. The molecule has 0 spiro atoms. The van der Waals surface area contributed by atoms with Crippen LogP contribution >= 0.6 is 0 Å². The molecule has 0 N–H and O–H groups in total. The first kappa shape index (κ1) is 9.82. The first-order valence-electron chi connectivity index (χ1n) is 5.80. The van der Waals surface area contributed by atoms with E-state index in [0.29, 0.717) is 22.8 Å². The first-order chi connectivity index (χ1) is 7.60. The van der Waals surface area contributed by atoms with Crippen molar-refractivity contribution in [2.45, 2.75) is 13.8 Å². The number of aromatic nitrogens is 1. The van der Waals surface area contributed by atoms with E-state index in [1.54, 1.807) is 12.4 Å². The highest BCUT2D eigenvalue weighted by atomic mass is 16.2. The van der Waals surface area contributed by atoms with Crippen molar-refractivity contribution in [2.75, 3.05) is 13.1 Å². The summed E-state index contributed by atoms with van der Waals surface area (Å²) in [7, 11) is 0. The topological polar surface area (TPSA) is 33.2 Å². The molecule has 2 aliphatic rings. The van der Waals surface area contributed by atoms with Crippen LogP contribution in [0.15, 0.2) is 24.5 Å². The first-order valence-corrected chi connectivity index (χ1v) is 5.80. The molecule has 3 heteroatoms. The summed E-state index contributed by atoms with van der Waals surface area (Å²) in [5, 5.41) is 0. The van der Waals surface area contributed by atoms with Gasteiger partial charge in [-0.05, 0) is 29.4 Å². The number of pyridine rings is 1. The molecular weight excluding hydrogens is 200 g/mol. The van der Waals surface area contributed by atoms with Crippen LogP contribution in [0.2, 0.25) is 0 Å². The minimum absolute atomic E-state index is 0.135. The maximum Gasteiger partial charge on any atom is 0.255 e. The van der Waals surface area contributed by atoms with Crippen molar-refractivity contribution in [1.82, 2.24) is 9.88 Å². The van der Waals surface area contributed by atoms with Crippen LogP contribution in [0.5, 0.6) is 0 Å². The number of nitrogens with zero attached hydrogens (tertiary/aromatic N) is 2. The Bertz CT molecular complexity index is 413. The van der Waals surface area contributed by atoms with Crippen LogP contribution in [0.4, 0.5) is 0 Å². The van der Waals surface area contributed by atoms with Crippen LogP contribution in [-0.4, -0.2) is 28.9 Å². The molecule has 2 fully saturated rings. The van der Waals surface area contributed by atoms with Crippen molar-refractivity contribution >= 4 is 5.91 Å². The fourth-order valence-electron chi connectivity index (χ4n) is 2.97. The Morgan fingerprint density at radius 1 is 1.44 bits per heavy atom. The molecule has 1 amide bonds. The van der Waals surface area contributed by atoms with E-state index in [1.807, 2.05) is 17.0 Å². The van der Waals surface area contributed by atoms with E-state index < -0.39 is 0 Å². The van der Waals surface area contributed by atoms with E-state index in [2.05, 4.69) is 18.8 Å². The van der Waals surface area contributed by atoms with Crippen molar-refractivity contribution in [3.8, 4) is 0 Å². The molecule has 0 aromatic carbocycles. The third kappa shape index (κ3) is 1.27. The van der Waals surface area contributed by atoms with Gasteiger partial charge in [0.05, 0.1) is 5.56 Å². The molecule has 16 heavy (non-hydrogen) atoms. The third-order valence-electron chi connectivity index (χ3n) is 4.32. The summed E-state index contributed by atoms with van der Waals surface area (Å²) in [4.78, 5) is 18.1. The van der Waals surface area contributed by atoms with Crippen molar-refractivity contribution < 1.29 is 4.79 Å².